The third-order valence-electron chi connectivity index (χ3n) is 4.36. The Morgan fingerprint density at radius 2 is 1.56 bits per heavy atom. The lowest BCUT2D eigenvalue weighted by molar-refractivity contribution is 0.0768. The summed E-state index contributed by atoms with van der Waals surface area (Å²) < 4.78 is 6.04. The summed E-state index contributed by atoms with van der Waals surface area (Å²) in [5.74, 6) is 1.02. The van der Waals surface area contributed by atoms with Crippen molar-refractivity contribution in [1.29, 1.82) is 0 Å². The zero-order chi connectivity index (χ0) is 12.2. The maximum atomic E-state index is 6.04. The monoisotopic (exact) mass is 245 g/mol. The van der Waals surface area contributed by atoms with E-state index in [1.165, 1.54) is 51.6 Å². The summed E-state index contributed by atoms with van der Waals surface area (Å²) in [6.07, 6.45) is 8.51. The fourth-order valence-corrected chi connectivity index (χ4v) is 3.32. The number of hydrogen-bond donors (Lipinski definition) is 0. The van der Waals surface area contributed by atoms with E-state index in [2.05, 4.69) is 17.0 Å². The van der Waals surface area contributed by atoms with Gasteiger partial charge in [0.15, 0.2) is 0 Å². The summed E-state index contributed by atoms with van der Waals surface area (Å²) in [6, 6.07) is 11.1. The molecule has 98 valence electrons. The van der Waals surface area contributed by atoms with Crippen LogP contribution < -0.4 is 4.74 Å². The van der Waals surface area contributed by atoms with E-state index in [-0.39, 0.29) is 0 Å². The molecule has 1 saturated carbocycles. The predicted octanol–water partition coefficient (Wildman–Crippen LogP) is 3.47. The van der Waals surface area contributed by atoms with Crippen molar-refractivity contribution in [2.45, 2.75) is 50.7 Å². The van der Waals surface area contributed by atoms with Crippen molar-refractivity contribution in [3.05, 3.63) is 30.3 Å². The fraction of sp³-hybridized carbons (Fsp3) is 0.625. The quantitative estimate of drug-likeness (QED) is 0.808. The first-order chi connectivity index (χ1) is 8.92. The molecule has 1 heterocycles. The van der Waals surface area contributed by atoms with Gasteiger partial charge in [-0.05, 0) is 37.8 Å². The molecule has 3 rings (SSSR count). The van der Waals surface area contributed by atoms with E-state index in [9.17, 15) is 0 Å². The number of hydrogen-bond acceptors (Lipinski definition) is 2. The van der Waals surface area contributed by atoms with Gasteiger partial charge >= 0.3 is 0 Å². The number of benzene rings is 1. The second kappa shape index (κ2) is 5.75. The number of piperidine rings is 1. The van der Waals surface area contributed by atoms with Crippen LogP contribution >= 0.6 is 0 Å². The zero-order valence-electron chi connectivity index (χ0n) is 11.1. The number of ether oxygens (including phenoxy) is 1. The molecule has 1 aliphatic heterocycles. The van der Waals surface area contributed by atoms with Crippen molar-refractivity contribution in [2.75, 3.05) is 13.1 Å². The van der Waals surface area contributed by atoms with Gasteiger partial charge in [0.1, 0.15) is 11.9 Å². The smallest absolute Gasteiger partial charge is 0.119 e. The highest BCUT2D eigenvalue weighted by Gasteiger charge is 2.27. The Hall–Kier alpha value is -1.02. The highest BCUT2D eigenvalue weighted by molar-refractivity contribution is 5.21. The van der Waals surface area contributed by atoms with Gasteiger partial charge in [-0.3, -0.25) is 0 Å². The molecule has 1 aromatic rings. The number of nitrogens with zero attached hydrogens (tertiary/aromatic N) is 1. The largest absolute Gasteiger partial charge is 0.490 e. The van der Waals surface area contributed by atoms with Crippen molar-refractivity contribution in [3.63, 3.8) is 0 Å². The summed E-state index contributed by atoms with van der Waals surface area (Å²) in [6.45, 7) is 2.45. The molecule has 2 nitrogen and oxygen atoms in total. The Morgan fingerprint density at radius 1 is 0.889 bits per heavy atom. The average Bonchev–Trinajstić information content (AvgIpc) is 2.95. The van der Waals surface area contributed by atoms with E-state index in [1.807, 2.05) is 18.2 Å². The van der Waals surface area contributed by atoms with Crippen LogP contribution in [0.2, 0.25) is 0 Å². The van der Waals surface area contributed by atoms with Crippen LogP contribution in [0.15, 0.2) is 30.3 Å². The molecule has 0 spiro atoms. The van der Waals surface area contributed by atoms with Crippen molar-refractivity contribution in [1.82, 2.24) is 4.90 Å². The Kier molecular flexibility index (Phi) is 3.84. The van der Waals surface area contributed by atoms with Crippen molar-refractivity contribution in [3.8, 4) is 5.75 Å². The van der Waals surface area contributed by atoms with Gasteiger partial charge in [0.25, 0.3) is 0 Å². The average molecular weight is 245 g/mol. The molecule has 1 aliphatic carbocycles. The van der Waals surface area contributed by atoms with Gasteiger partial charge in [-0.15, -0.1) is 0 Å². The van der Waals surface area contributed by atoms with E-state index >= 15 is 0 Å². The molecular weight excluding hydrogens is 222 g/mol. The topological polar surface area (TPSA) is 12.5 Å². The van der Waals surface area contributed by atoms with Crippen LogP contribution in [-0.2, 0) is 0 Å². The minimum absolute atomic E-state index is 0.421. The van der Waals surface area contributed by atoms with E-state index in [4.69, 9.17) is 4.74 Å². The van der Waals surface area contributed by atoms with Gasteiger partial charge in [-0.25, -0.2) is 0 Å². The Labute approximate surface area is 110 Å². The molecule has 0 atom stereocenters. The van der Waals surface area contributed by atoms with Crippen LogP contribution in [0.25, 0.3) is 0 Å². The standard InChI is InChI=1S/C16H23NO/c1-2-8-15(9-3-1)18-16-10-12-17(13-11-16)14-6-4-5-7-14/h1-3,8-9,14,16H,4-7,10-13H2. The molecule has 0 aromatic heterocycles. The fourth-order valence-electron chi connectivity index (χ4n) is 3.32. The summed E-state index contributed by atoms with van der Waals surface area (Å²) in [4.78, 5) is 2.69. The van der Waals surface area contributed by atoms with Crippen LogP contribution in [0.5, 0.6) is 5.75 Å². The van der Waals surface area contributed by atoms with Gasteiger partial charge in [0, 0.05) is 19.1 Å². The summed E-state index contributed by atoms with van der Waals surface area (Å²) >= 11 is 0. The molecule has 2 heteroatoms. The Balaban J connectivity index is 1.48. The molecule has 0 bridgehead atoms. The first kappa shape index (κ1) is 12.0. The SMILES string of the molecule is c1ccc(OC2CCN(C3CCCC3)CC2)cc1. The molecule has 2 aliphatic rings. The van der Waals surface area contributed by atoms with Gasteiger partial charge in [0.2, 0.25) is 0 Å². The molecule has 0 radical (unpaired) electrons. The zero-order valence-corrected chi connectivity index (χ0v) is 11.1. The molecular formula is C16H23NO. The number of likely N-dealkylation sites (tertiary alicyclic amines) is 1. The number of para-hydroxylation sites is 1. The van der Waals surface area contributed by atoms with E-state index < -0.39 is 0 Å². The van der Waals surface area contributed by atoms with E-state index in [1.54, 1.807) is 0 Å². The Morgan fingerprint density at radius 3 is 2.22 bits per heavy atom. The number of rotatable bonds is 3. The van der Waals surface area contributed by atoms with E-state index in [0.29, 0.717) is 6.10 Å². The molecule has 1 aromatic carbocycles. The van der Waals surface area contributed by atoms with Crippen molar-refractivity contribution >= 4 is 0 Å². The normalized spacial score (nSPS) is 23.3. The first-order valence-electron chi connectivity index (χ1n) is 7.37. The maximum Gasteiger partial charge on any atom is 0.119 e. The van der Waals surface area contributed by atoms with Gasteiger partial charge in [-0.2, -0.15) is 0 Å². The van der Waals surface area contributed by atoms with Crippen molar-refractivity contribution < 1.29 is 4.74 Å². The second-order valence-corrected chi connectivity index (χ2v) is 5.60. The molecule has 18 heavy (non-hydrogen) atoms. The highest BCUT2D eigenvalue weighted by atomic mass is 16.5. The van der Waals surface area contributed by atoms with Crippen LogP contribution in [0.1, 0.15) is 38.5 Å². The van der Waals surface area contributed by atoms with Crippen LogP contribution in [-0.4, -0.2) is 30.1 Å². The van der Waals surface area contributed by atoms with Gasteiger partial charge in [0.05, 0.1) is 0 Å². The summed E-state index contributed by atoms with van der Waals surface area (Å²) in [7, 11) is 0. The van der Waals surface area contributed by atoms with E-state index in [0.717, 1.165) is 11.8 Å². The summed E-state index contributed by atoms with van der Waals surface area (Å²) in [5, 5.41) is 0. The molecule has 1 saturated heterocycles. The lowest BCUT2D eigenvalue weighted by atomic mass is 10.0. The van der Waals surface area contributed by atoms with Crippen LogP contribution in [0.3, 0.4) is 0 Å². The predicted molar refractivity (Wildman–Crippen MR) is 73.9 cm³/mol. The molecule has 0 amide bonds. The maximum absolute atomic E-state index is 6.04. The first-order valence-corrected chi connectivity index (χ1v) is 7.37. The lowest BCUT2D eigenvalue weighted by Crippen LogP contribution is -2.43. The Bertz CT molecular complexity index is 351. The van der Waals surface area contributed by atoms with Crippen LogP contribution in [0.4, 0.5) is 0 Å². The lowest BCUT2D eigenvalue weighted by Gasteiger charge is -2.36. The molecule has 0 N–H and O–H groups in total. The minimum Gasteiger partial charge on any atom is -0.490 e. The molecule has 0 unspecified atom stereocenters. The van der Waals surface area contributed by atoms with Gasteiger partial charge in [-0.1, -0.05) is 31.0 Å². The molecule has 2 fully saturated rings. The highest BCUT2D eigenvalue weighted by Crippen LogP contribution is 2.27. The third-order valence-corrected chi connectivity index (χ3v) is 4.36. The third kappa shape index (κ3) is 2.86. The van der Waals surface area contributed by atoms with Crippen molar-refractivity contribution in [2.24, 2.45) is 0 Å². The second-order valence-electron chi connectivity index (χ2n) is 5.60. The van der Waals surface area contributed by atoms with Crippen LogP contribution in [0, 0.1) is 0 Å². The van der Waals surface area contributed by atoms with Gasteiger partial charge < -0.3 is 9.64 Å². The summed E-state index contributed by atoms with van der Waals surface area (Å²) in [5.41, 5.74) is 0. The minimum atomic E-state index is 0.421.